The van der Waals surface area contributed by atoms with E-state index in [2.05, 4.69) is 0 Å². The van der Waals surface area contributed by atoms with E-state index in [0.29, 0.717) is 4.57 Å². The molecule has 2 aromatic rings. The Morgan fingerprint density at radius 1 is 1.19 bits per heavy atom. The molecular formula is C15H13ClF4N2O3S. The molecule has 0 fully saturated rings. The Morgan fingerprint density at radius 3 is 2.23 bits per heavy atom. The summed E-state index contributed by atoms with van der Waals surface area (Å²) in [6, 6.07) is 1.83. The lowest BCUT2D eigenvalue weighted by atomic mass is 10.1. The fourth-order valence-electron chi connectivity index (χ4n) is 2.22. The molecule has 0 aliphatic rings. The van der Waals surface area contributed by atoms with Crippen molar-refractivity contribution in [3.63, 3.8) is 0 Å². The minimum Gasteiger partial charge on any atom is -0.315 e. The van der Waals surface area contributed by atoms with Crippen molar-refractivity contribution in [3.8, 4) is 0 Å². The largest absolute Gasteiger partial charge is 0.408 e. The Hall–Kier alpha value is -1.91. The van der Waals surface area contributed by atoms with Gasteiger partial charge in [-0.25, -0.2) is 12.8 Å². The highest BCUT2D eigenvalue weighted by molar-refractivity contribution is 7.89. The first-order chi connectivity index (χ1) is 11.8. The van der Waals surface area contributed by atoms with E-state index in [1.54, 1.807) is 0 Å². The Labute approximate surface area is 151 Å². The van der Waals surface area contributed by atoms with Crippen LogP contribution >= 0.6 is 11.6 Å². The molecule has 0 saturated heterocycles. The van der Waals surface area contributed by atoms with Crippen LogP contribution in [0.5, 0.6) is 0 Å². The molecule has 0 amide bonds. The summed E-state index contributed by atoms with van der Waals surface area (Å²) in [6.07, 6.45) is -4.20. The van der Waals surface area contributed by atoms with Crippen LogP contribution in [0.4, 0.5) is 17.6 Å². The fourth-order valence-corrected chi connectivity index (χ4v) is 3.85. The van der Waals surface area contributed by atoms with Crippen LogP contribution in [0.15, 0.2) is 40.2 Å². The van der Waals surface area contributed by atoms with E-state index in [4.69, 9.17) is 11.6 Å². The lowest BCUT2D eigenvalue weighted by Crippen LogP contribution is -2.39. The Bertz CT molecular complexity index is 986. The van der Waals surface area contributed by atoms with Gasteiger partial charge in [0.25, 0.3) is 5.56 Å². The summed E-state index contributed by atoms with van der Waals surface area (Å²) >= 11 is 5.64. The van der Waals surface area contributed by atoms with E-state index in [0.717, 1.165) is 32.3 Å². The Kier molecular flexibility index (Phi) is 5.50. The van der Waals surface area contributed by atoms with Gasteiger partial charge in [-0.3, -0.25) is 4.79 Å². The first kappa shape index (κ1) is 20.4. The van der Waals surface area contributed by atoms with Crippen molar-refractivity contribution in [3.05, 3.63) is 62.8 Å². The first-order valence-corrected chi connectivity index (χ1v) is 8.91. The van der Waals surface area contributed by atoms with Gasteiger partial charge in [0, 0.05) is 23.8 Å². The van der Waals surface area contributed by atoms with Gasteiger partial charge in [-0.05, 0) is 24.6 Å². The summed E-state index contributed by atoms with van der Waals surface area (Å²) < 4.78 is 81.1. The van der Waals surface area contributed by atoms with Crippen LogP contribution in [0.3, 0.4) is 0 Å². The third-order valence-corrected chi connectivity index (χ3v) is 5.40. The number of nitrogens with zero attached hydrogens (tertiary/aromatic N) is 1. The maximum absolute atomic E-state index is 13.9. The van der Waals surface area contributed by atoms with Crippen LogP contribution in [0, 0.1) is 12.7 Å². The van der Waals surface area contributed by atoms with Gasteiger partial charge < -0.3 is 4.57 Å². The lowest BCUT2D eigenvalue weighted by Gasteiger charge is -2.22. The van der Waals surface area contributed by atoms with Gasteiger partial charge in [-0.15, -0.1) is 0 Å². The van der Waals surface area contributed by atoms with Crippen LogP contribution in [-0.2, 0) is 17.1 Å². The maximum Gasteiger partial charge on any atom is 0.408 e. The predicted molar refractivity (Wildman–Crippen MR) is 86.9 cm³/mol. The molecule has 1 atom stereocenters. The normalized spacial score (nSPS) is 13.7. The third kappa shape index (κ3) is 4.08. The average Bonchev–Trinajstić information content (AvgIpc) is 2.54. The highest BCUT2D eigenvalue weighted by atomic mass is 35.5. The summed E-state index contributed by atoms with van der Waals surface area (Å²) in [5, 5.41) is 0.175. The second-order valence-electron chi connectivity index (χ2n) is 5.50. The van der Waals surface area contributed by atoms with E-state index in [1.807, 2.05) is 0 Å². The number of nitrogens with one attached hydrogen (secondary N) is 1. The minimum absolute atomic E-state index is 0.175. The molecule has 1 aromatic carbocycles. The number of aryl methyl sites for hydroxylation is 1. The van der Waals surface area contributed by atoms with Crippen LogP contribution in [0.25, 0.3) is 0 Å². The van der Waals surface area contributed by atoms with Crippen molar-refractivity contribution in [2.45, 2.75) is 24.0 Å². The van der Waals surface area contributed by atoms with Gasteiger partial charge in [-0.1, -0.05) is 23.7 Å². The minimum atomic E-state index is -4.96. The zero-order chi connectivity index (χ0) is 19.9. The summed E-state index contributed by atoms with van der Waals surface area (Å²) in [5.74, 6) is -1.36. The second-order valence-corrected chi connectivity index (χ2v) is 7.61. The number of hydrogen-bond acceptors (Lipinski definition) is 3. The first-order valence-electron chi connectivity index (χ1n) is 7.05. The molecule has 0 radical (unpaired) electrons. The maximum atomic E-state index is 13.9. The number of aromatic nitrogens is 1. The van der Waals surface area contributed by atoms with Gasteiger partial charge in [0.05, 0.1) is 0 Å². The van der Waals surface area contributed by atoms with E-state index in [9.17, 15) is 30.8 Å². The number of hydrogen-bond donors (Lipinski definition) is 1. The predicted octanol–water partition coefficient (Wildman–Crippen LogP) is 3.07. The molecule has 142 valence electrons. The topological polar surface area (TPSA) is 68.2 Å². The van der Waals surface area contributed by atoms with Crippen LogP contribution in [-0.4, -0.2) is 19.2 Å². The summed E-state index contributed by atoms with van der Waals surface area (Å²) in [5.41, 5.74) is -2.06. The molecule has 0 bridgehead atoms. The van der Waals surface area contributed by atoms with Crippen LogP contribution in [0.2, 0.25) is 5.02 Å². The van der Waals surface area contributed by atoms with Crippen molar-refractivity contribution < 1.29 is 26.0 Å². The highest BCUT2D eigenvalue weighted by Crippen LogP contribution is 2.34. The molecule has 11 heteroatoms. The molecule has 2 rings (SSSR count). The van der Waals surface area contributed by atoms with Crippen molar-refractivity contribution in [1.82, 2.24) is 9.29 Å². The molecule has 5 nitrogen and oxygen atoms in total. The standard InChI is InChI=1S/C15H13ClF4N2O3S/c1-8-11(7-22(2)14(23)12(8)17)26(24,25)21-13(15(18,19)20)9-3-5-10(16)6-4-9/h3-7,13,21H,1-2H3/t13-/m1/s1. The number of benzene rings is 1. The monoisotopic (exact) mass is 412 g/mol. The second kappa shape index (κ2) is 7.01. The molecule has 1 N–H and O–H groups in total. The highest BCUT2D eigenvalue weighted by Gasteiger charge is 2.44. The zero-order valence-electron chi connectivity index (χ0n) is 13.4. The smallest absolute Gasteiger partial charge is 0.315 e. The molecule has 0 saturated carbocycles. The molecule has 0 spiro atoms. The molecule has 0 aliphatic heterocycles. The summed E-state index contributed by atoms with van der Waals surface area (Å²) in [4.78, 5) is 10.7. The third-order valence-electron chi connectivity index (χ3n) is 3.61. The van der Waals surface area contributed by atoms with Gasteiger partial charge in [-0.2, -0.15) is 17.9 Å². The van der Waals surface area contributed by atoms with Crippen molar-refractivity contribution in [2.24, 2.45) is 7.05 Å². The van der Waals surface area contributed by atoms with Gasteiger partial charge >= 0.3 is 6.18 Å². The van der Waals surface area contributed by atoms with Crippen molar-refractivity contribution in [2.75, 3.05) is 0 Å². The number of alkyl halides is 3. The number of sulfonamides is 1. The summed E-state index contributed by atoms with van der Waals surface area (Å²) in [7, 11) is -3.71. The molecule has 0 unspecified atom stereocenters. The zero-order valence-corrected chi connectivity index (χ0v) is 15.0. The average molecular weight is 413 g/mol. The fraction of sp³-hybridized carbons (Fsp3) is 0.267. The van der Waals surface area contributed by atoms with Gasteiger partial charge in [0.2, 0.25) is 10.0 Å². The summed E-state index contributed by atoms with van der Waals surface area (Å²) in [6.45, 7) is 0.996. The quantitative estimate of drug-likeness (QED) is 0.785. The van der Waals surface area contributed by atoms with E-state index in [-0.39, 0.29) is 5.02 Å². The van der Waals surface area contributed by atoms with Crippen LogP contribution in [0.1, 0.15) is 17.2 Å². The van der Waals surface area contributed by atoms with Crippen molar-refractivity contribution in [1.29, 1.82) is 0 Å². The van der Waals surface area contributed by atoms with E-state index >= 15 is 0 Å². The number of rotatable bonds is 4. The van der Waals surface area contributed by atoms with Gasteiger partial charge in [0.1, 0.15) is 10.9 Å². The number of halogens is 5. The van der Waals surface area contributed by atoms with E-state index in [1.165, 1.54) is 16.9 Å². The molecule has 1 aromatic heterocycles. The van der Waals surface area contributed by atoms with Crippen LogP contribution < -0.4 is 10.3 Å². The number of pyridine rings is 1. The van der Waals surface area contributed by atoms with E-state index < -0.39 is 49.6 Å². The molecule has 1 heterocycles. The molecule has 0 aliphatic carbocycles. The molecular weight excluding hydrogens is 400 g/mol. The SMILES string of the molecule is Cc1c(S(=O)(=O)N[C@H](c2ccc(Cl)cc2)C(F)(F)F)cn(C)c(=O)c1F. The van der Waals surface area contributed by atoms with Crippen molar-refractivity contribution >= 4 is 21.6 Å². The van der Waals surface area contributed by atoms with Gasteiger partial charge in [0.15, 0.2) is 5.82 Å². The molecule has 26 heavy (non-hydrogen) atoms. The Balaban J connectivity index is 2.55. The Morgan fingerprint density at radius 2 is 1.73 bits per heavy atom. The lowest BCUT2D eigenvalue weighted by molar-refractivity contribution is -0.153.